The normalized spacial score (nSPS) is 18.5. The molecule has 2 heterocycles. The van der Waals surface area contributed by atoms with E-state index >= 15 is 0 Å². The van der Waals surface area contributed by atoms with Crippen LogP contribution in [0, 0.1) is 0 Å². The topological polar surface area (TPSA) is 38.2 Å². The van der Waals surface area contributed by atoms with Crippen LogP contribution in [0.2, 0.25) is 0 Å². The van der Waals surface area contributed by atoms with Crippen molar-refractivity contribution in [3.05, 3.63) is 59.7 Å². The fraction of sp³-hybridized carbons (Fsp3) is 0.444. The van der Waals surface area contributed by atoms with Crippen LogP contribution < -0.4 is 0 Å². The van der Waals surface area contributed by atoms with E-state index in [4.69, 9.17) is 4.74 Å². The second-order valence-electron chi connectivity index (χ2n) is 5.96. The molecular formula is C18H23N3O. The van der Waals surface area contributed by atoms with E-state index in [1.54, 1.807) is 0 Å². The van der Waals surface area contributed by atoms with Gasteiger partial charge in [0.25, 0.3) is 0 Å². The highest BCUT2D eigenvalue weighted by molar-refractivity contribution is 5.15. The molecule has 1 fully saturated rings. The fourth-order valence-electron chi connectivity index (χ4n) is 2.82. The Kier molecular flexibility index (Phi) is 5.14. The van der Waals surface area contributed by atoms with Crippen LogP contribution in [0.3, 0.4) is 0 Å². The number of aromatic nitrogens is 2. The third-order valence-electron chi connectivity index (χ3n) is 3.94. The summed E-state index contributed by atoms with van der Waals surface area (Å²) in [5.74, 6) is 0.828. The summed E-state index contributed by atoms with van der Waals surface area (Å²) in [5, 5.41) is 0. The van der Waals surface area contributed by atoms with Crippen molar-refractivity contribution in [2.75, 3.05) is 13.7 Å². The van der Waals surface area contributed by atoms with E-state index < -0.39 is 0 Å². The van der Waals surface area contributed by atoms with Gasteiger partial charge in [-0.2, -0.15) is 0 Å². The average Bonchev–Trinajstić information content (AvgIpc) is 2.57. The summed E-state index contributed by atoms with van der Waals surface area (Å²) in [5.41, 5.74) is 2.45. The van der Waals surface area contributed by atoms with E-state index in [0.717, 1.165) is 43.9 Å². The molecule has 1 aliphatic rings. The molecule has 3 rings (SSSR count). The Morgan fingerprint density at radius 2 is 1.77 bits per heavy atom. The first-order valence-corrected chi connectivity index (χ1v) is 7.96. The Labute approximate surface area is 132 Å². The number of benzene rings is 1. The highest BCUT2D eigenvalue weighted by Crippen LogP contribution is 2.24. The molecule has 0 aliphatic carbocycles. The third-order valence-corrected chi connectivity index (χ3v) is 3.94. The lowest BCUT2D eigenvalue weighted by Gasteiger charge is -2.21. The van der Waals surface area contributed by atoms with Crippen molar-refractivity contribution in [3.8, 4) is 0 Å². The first-order chi connectivity index (χ1) is 10.8. The van der Waals surface area contributed by atoms with Crippen molar-refractivity contribution >= 4 is 0 Å². The molecule has 1 aromatic carbocycles. The number of nitrogens with zero attached hydrogens (tertiary/aromatic N) is 3. The van der Waals surface area contributed by atoms with Crippen molar-refractivity contribution in [2.24, 2.45) is 0 Å². The third kappa shape index (κ3) is 4.12. The second-order valence-corrected chi connectivity index (χ2v) is 5.96. The Bertz CT molecular complexity index is 565. The number of rotatable bonds is 5. The smallest absolute Gasteiger partial charge is 0.157 e. The summed E-state index contributed by atoms with van der Waals surface area (Å²) in [4.78, 5) is 11.3. The molecular weight excluding hydrogens is 274 g/mol. The number of hydrogen-bond acceptors (Lipinski definition) is 4. The van der Waals surface area contributed by atoms with Gasteiger partial charge in [0.15, 0.2) is 5.82 Å². The largest absolute Gasteiger partial charge is 0.370 e. The Balaban J connectivity index is 1.56. The van der Waals surface area contributed by atoms with Gasteiger partial charge in [-0.1, -0.05) is 30.3 Å². The molecule has 0 amide bonds. The first kappa shape index (κ1) is 15.1. The van der Waals surface area contributed by atoms with Gasteiger partial charge in [-0.15, -0.1) is 0 Å². The molecule has 0 radical (unpaired) electrons. The zero-order valence-electron chi connectivity index (χ0n) is 13.1. The number of ether oxygens (including phenoxy) is 1. The Hall–Kier alpha value is -1.78. The van der Waals surface area contributed by atoms with Crippen LogP contribution in [0.5, 0.6) is 0 Å². The van der Waals surface area contributed by atoms with Gasteiger partial charge in [0, 0.05) is 37.7 Å². The first-order valence-electron chi connectivity index (χ1n) is 7.96. The lowest BCUT2D eigenvalue weighted by atomic mass is 10.1. The van der Waals surface area contributed by atoms with Crippen LogP contribution >= 0.6 is 0 Å². The molecule has 0 spiro atoms. The molecule has 2 aromatic rings. The van der Waals surface area contributed by atoms with Crippen LogP contribution in [0.15, 0.2) is 42.7 Å². The quantitative estimate of drug-likeness (QED) is 0.848. The molecule has 1 aromatic heterocycles. The van der Waals surface area contributed by atoms with Gasteiger partial charge in [0.2, 0.25) is 0 Å². The Morgan fingerprint density at radius 3 is 2.45 bits per heavy atom. The molecule has 0 N–H and O–H groups in total. The molecule has 0 saturated carbocycles. The summed E-state index contributed by atoms with van der Waals surface area (Å²) < 4.78 is 5.73. The van der Waals surface area contributed by atoms with Crippen molar-refractivity contribution < 1.29 is 4.74 Å². The van der Waals surface area contributed by atoms with E-state index in [1.807, 2.05) is 18.5 Å². The van der Waals surface area contributed by atoms with Crippen LogP contribution in [0.4, 0.5) is 0 Å². The van der Waals surface area contributed by atoms with Crippen molar-refractivity contribution in [2.45, 2.75) is 38.5 Å². The maximum atomic E-state index is 5.73. The molecule has 1 unspecified atom stereocenters. The van der Waals surface area contributed by atoms with Gasteiger partial charge < -0.3 is 4.74 Å². The van der Waals surface area contributed by atoms with E-state index in [0.29, 0.717) is 0 Å². The Morgan fingerprint density at radius 1 is 1.05 bits per heavy atom. The van der Waals surface area contributed by atoms with Gasteiger partial charge in [0.05, 0.1) is 0 Å². The van der Waals surface area contributed by atoms with Crippen LogP contribution in [-0.4, -0.2) is 28.5 Å². The summed E-state index contributed by atoms with van der Waals surface area (Å²) in [6.45, 7) is 2.60. The van der Waals surface area contributed by atoms with E-state index in [9.17, 15) is 0 Å². The van der Waals surface area contributed by atoms with Crippen LogP contribution in [0.1, 0.15) is 42.3 Å². The van der Waals surface area contributed by atoms with Crippen LogP contribution in [0.25, 0.3) is 0 Å². The minimum Gasteiger partial charge on any atom is -0.370 e. The minimum atomic E-state index is 0.0878. The lowest BCUT2D eigenvalue weighted by Crippen LogP contribution is -2.18. The van der Waals surface area contributed by atoms with Crippen molar-refractivity contribution in [1.29, 1.82) is 0 Å². The van der Waals surface area contributed by atoms with Crippen molar-refractivity contribution in [1.82, 2.24) is 14.9 Å². The standard InChI is InChI=1S/C18H23N3O/c1-21(13-15-7-3-2-4-8-15)14-16-11-19-18(20-12-16)17-9-5-6-10-22-17/h2-4,7-8,11-12,17H,5-6,9-10,13-14H2,1H3. The predicted octanol–water partition coefficient (Wildman–Crippen LogP) is 3.35. The van der Waals surface area contributed by atoms with E-state index in [2.05, 4.69) is 46.2 Å². The summed E-state index contributed by atoms with van der Waals surface area (Å²) >= 11 is 0. The molecule has 1 atom stereocenters. The molecule has 0 bridgehead atoms. The molecule has 22 heavy (non-hydrogen) atoms. The lowest BCUT2D eigenvalue weighted by molar-refractivity contribution is 0.00938. The molecule has 4 nitrogen and oxygen atoms in total. The second kappa shape index (κ2) is 7.47. The van der Waals surface area contributed by atoms with Crippen LogP contribution in [-0.2, 0) is 17.8 Å². The zero-order chi connectivity index (χ0) is 15.2. The van der Waals surface area contributed by atoms with Gasteiger partial charge in [-0.05, 0) is 31.9 Å². The maximum absolute atomic E-state index is 5.73. The molecule has 4 heteroatoms. The molecule has 116 valence electrons. The maximum Gasteiger partial charge on any atom is 0.157 e. The summed E-state index contributed by atoms with van der Waals surface area (Å²) in [6.07, 6.45) is 7.34. The van der Waals surface area contributed by atoms with E-state index in [-0.39, 0.29) is 6.10 Å². The highest BCUT2D eigenvalue weighted by atomic mass is 16.5. The monoisotopic (exact) mass is 297 g/mol. The summed E-state index contributed by atoms with van der Waals surface area (Å²) in [7, 11) is 2.12. The molecule has 1 aliphatic heterocycles. The average molecular weight is 297 g/mol. The number of hydrogen-bond donors (Lipinski definition) is 0. The minimum absolute atomic E-state index is 0.0878. The van der Waals surface area contributed by atoms with Gasteiger partial charge in [-0.3, -0.25) is 4.90 Å². The van der Waals surface area contributed by atoms with E-state index in [1.165, 1.54) is 12.0 Å². The summed E-state index contributed by atoms with van der Waals surface area (Å²) in [6, 6.07) is 10.5. The fourth-order valence-corrected chi connectivity index (χ4v) is 2.82. The van der Waals surface area contributed by atoms with Crippen molar-refractivity contribution in [3.63, 3.8) is 0 Å². The zero-order valence-corrected chi connectivity index (χ0v) is 13.1. The highest BCUT2D eigenvalue weighted by Gasteiger charge is 2.18. The van der Waals surface area contributed by atoms with Gasteiger partial charge in [-0.25, -0.2) is 9.97 Å². The van der Waals surface area contributed by atoms with Gasteiger partial charge in [0.1, 0.15) is 6.10 Å². The SMILES string of the molecule is CN(Cc1ccccc1)Cc1cnc(C2CCCCO2)nc1. The molecule has 1 saturated heterocycles. The van der Waals surface area contributed by atoms with Gasteiger partial charge >= 0.3 is 0 Å². The predicted molar refractivity (Wildman–Crippen MR) is 86.2 cm³/mol.